The van der Waals surface area contributed by atoms with Crippen molar-refractivity contribution in [2.45, 2.75) is 6.92 Å². The van der Waals surface area contributed by atoms with Gasteiger partial charge in [0.2, 0.25) is 5.91 Å². The van der Waals surface area contributed by atoms with Gasteiger partial charge in [-0.15, -0.1) is 0 Å². The van der Waals surface area contributed by atoms with Crippen LogP contribution in [0.3, 0.4) is 0 Å². The van der Waals surface area contributed by atoms with Crippen LogP contribution in [0, 0.1) is 5.82 Å². The van der Waals surface area contributed by atoms with E-state index in [0.717, 1.165) is 13.2 Å². The van der Waals surface area contributed by atoms with Crippen LogP contribution in [0.5, 0.6) is 23.0 Å². The normalized spacial score (nSPS) is 10.8. The molecule has 0 saturated carbocycles. The third-order valence-corrected chi connectivity index (χ3v) is 8.50. The van der Waals surface area contributed by atoms with Crippen molar-refractivity contribution in [2.24, 2.45) is 0 Å². The lowest BCUT2D eigenvalue weighted by Crippen LogP contribution is -2.32. The Bertz CT molecular complexity index is 2470. The molecule has 0 unspecified atom stereocenters. The number of hydrogen-bond donors (Lipinski definition) is 8. The Hall–Kier alpha value is -8.21. The monoisotopic (exact) mass is 805 g/mol. The van der Waals surface area contributed by atoms with Crippen molar-refractivity contribution in [3.05, 3.63) is 136 Å². The number of phenols is 2. The summed E-state index contributed by atoms with van der Waals surface area (Å²) in [6.45, 7) is 1.23. The average Bonchev–Trinajstić information content (AvgIpc) is 3.21. The van der Waals surface area contributed by atoms with E-state index in [1.54, 1.807) is 25.1 Å². The molecule has 16 nitrogen and oxygen atoms in total. The summed E-state index contributed by atoms with van der Waals surface area (Å²) in [6, 6.07) is 22.2. The van der Waals surface area contributed by atoms with Gasteiger partial charge < -0.3 is 51.4 Å². The minimum Gasteiger partial charge on any atom is -0.504 e. The first-order chi connectivity index (χ1) is 28.2. The molecular weight excluding hydrogens is 769 g/mol. The van der Waals surface area contributed by atoms with Gasteiger partial charge in [0, 0.05) is 28.1 Å². The number of carbonyl (C=O) groups excluding carboxylic acids is 5. The van der Waals surface area contributed by atoms with Crippen molar-refractivity contribution in [1.82, 2.24) is 5.32 Å². The van der Waals surface area contributed by atoms with Gasteiger partial charge in [-0.05, 0) is 103 Å². The zero-order valence-corrected chi connectivity index (χ0v) is 31.5. The third kappa shape index (κ3) is 10.4. The molecule has 0 radical (unpaired) electrons. The molecule has 0 aliphatic heterocycles. The van der Waals surface area contributed by atoms with E-state index in [1.807, 2.05) is 0 Å². The molecule has 5 amide bonds. The molecular formula is C42H36FN5O11. The third-order valence-electron chi connectivity index (χ3n) is 8.50. The van der Waals surface area contributed by atoms with Gasteiger partial charge >= 0.3 is 5.97 Å². The number of methoxy groups -OCH3 is 2. The second-order valence-corrected chi connectivity index (χ2v) is 12.5. The zero-order chi connectivity index (χ0) is 42.8. The number of rotatable bonds is 14. The number of halogens is 1. The van der Waals surface area contributed by atoms with Gasteiger partial charge in [0.05, 0.1) is 37.7 Å². The molecule has 0 fully saturated rings. The van der Waals surface area contributed by atoms with E-state index < -0.39 is 46.7 Å². The number of benzene rings is 5. The summed E-state index contributed by atoms with van der Waals surface area (Å²) in [5.74, 6) is -6.72. The molecule has 59 heavy (non-hydrogen) atoms. The minimum atomic E-state index is -1.42. The highest BCUT2D eigenvalue weighted by Crippen LogP contribution is 2.40. The van der Waals surface area contributed by atoms with Crippen LogP contribution in [0.25, 0.3) is 6.08 Å². The van der Waals surface area contributed by atoms with Crippen LogP contribution < -0.4 is 36.1 Å². The van der Waals surface area contributed by atoms with Crippen molar-refractivity contribution in [1.29, 1.82) is 0 Å². The number of carbonyl (C=O) groups is 6. The first-order valence-corrected chi connectivity index (χ1v) is 17.4. The quantitative estimate of drug-likeness (QED) is 0.0618. The van der Waals surface area contributed by atoms with E-state index in [4.69, 9.17) is 9.47 Å². The molecule has 0 aliphatic rings. The fourth-order valence-electron chi connectivity index (χ4n) is 5.47. The van der Waals surface area contributed by atoms with Crippen LogP contribution in [-0.4, -0.2) is 71.6 Å². The number of amides is 5. The molecule has 17 heteroatoms. The number of phenolic OH excluding ortho intramolecular Hbond substituents is 1. The number of aromatic carboxylic acids is 1. The fourth-order valence-corrected chi connectivity index (χ4v) is 5.47. The van der Waals surface area contributed by atoms with Crippen LogP contribution in [0.4, 0.5) is 27.1 Å². The minimum absolute atomic E-state index is 0.00543. The Morgan fingerprint density at radius 3 is 1.64 bits per heavy atom. The molecule has 0 atom stereocenters. The highest BCUT2D eigenvalue weighted by Gasteiger charge is 2.24. The first kappa shape index (κ1) is 41.9. The molecule has 0 saturated heterocycles. The van der Waals surface area contributed by atoms with Crippen molar-refractivity contribution in [2.75, 3.05) is 42.0 Å². The van der Waals surface area contributed by atoms with E-state index in [2.05, 4.69) is 26.6 Å². The number of anilines is 4. The van der Waals surface area contributed by atoms with Gasteiger partial charge in [0.25, 0.3) is 23.6 Å². The molecule has 0 aromatic heterocycles. The smallest absolute Gasteiger partial charge is 0.339 e. The second kappa shape index (κ2) is 18.6. The predicted octanol–water partition coefficient (Wildman–Crippen LogP) is 5.87. The van der Waals surface area contributed by atoms with Gasteiger partial charge in [0.1, 0.15) is 11.4 Å². The van der Waals surface area contributed by atoms with Crippen LogP contribution in [0.2, 0.25) is 0 Å². The molecule has 5 rings (SSSR count). The maximum Gasteiger partial charge on any atom is 0.339 e. The van der Waals surface area contributed by atoms with Crippen LogP contribution in [-0.2, 0) is 9.59 Å². The summed E-state index contributed by atoms with van der Waals surface area (Å²) >= 11 is 0. The predicted molar refractivity (Wildman–Crippen MR) is 215 cm³/mol. The standard InChI is InChI=1S/C42H36FN5O11/c1-22(20-23-4-10-26(43)11-5-23)38(52)46-28-14-6-24(7-15-28)39(53)44-21-33(49)45-27-12-8-25(9-13-27)40(54)47-31-18-16-29(34(50)36(31)58-2)41(55)48-32-19-17-30(42(56)57)35(51)37(32)59-3/h4-20,50-51H,21H2,1-3H3,(H,44,53)(H,45,49)(H,46,52)(H,47,54)(H,48,55)(H,56,57)/b22-20+. The maximum atomic E-state index is 13.2. The first-order valence-electron chi connectivity index (χ1n) is 17.4. The van der Waals surface area contributed by atoms with Crippen molar-refractivity contribution >= 4 is 64.3 Å². The van der Waals surface area contributed by atoms with E-state index in [0.29, 0.717) is 22.5 Å². The Morgan fingerprint density at radius 1 is 0.610 bits per heavy atom. The number of ether oxygens (including phenoxy) is 2. The Morgan fingerprint density at radius 2 is 1.10 bits per heavy atom. The molecule has 302 valence electrons. The van der Waals surface area contributed by atoms with Gasteiger partial charge in [-0.1, -0.05) is 12.1 Å². The van der Waals surface area contributed by atoms with Gasteiger partial charge in [-0.2, -0.15) is 0 Å². The largest absolute Gasteiger partial charge is 0.504 e. The molecule has 0 bridgehead atoms. The summed E-state index contributed by atoms with van der Waals surface area (Å²) in [5, 5.41) is 43.2. The van der Waals surface area contributed by atoms with E-state index >= 15 is 0 Å². The van der Waals surface area contributed by atoms with Crippen molar-refractivity contribution in [3.8, 4) is 23.0 Å². The average molecular weight is 806 g/mol. The molecule has 0 spiro atoms. The van der Waals surface area contributed by atoms with Crippen molar-refractivity contribution < 1.29 is 58.0 Å². The molecule has 8 N–H and O–H groups in total. The Labute approximate surface area is 335 Å². The molecule has 0 aliphatic carbocycles. The highest BCUT2D eigenvalue weighted by atomic mass is 19.1. The topological polar surface area (TPSA) is 242 Å². The Kier molecular flexibility index (Phi) is 13.2. The van der Waals surface area contributed by atoms with Gasteiger partial charge in [-0.25, -0.2) is 9.18 Å². The summed E-state index contributed by atoms with van der Waals surface area (Å²) in [5.41, 5.74) is 1.34. The van der Waals surface area contributed by atoms with Gasteiger partial charge in [-0.3, -0.25) is 24.0 Å². The number of nitrogens with one attached hydrogen (secondary N) is 5. The summed E-state index contributed by atoms with van der Waals surface area (Å²) in [6.07, 6.45) is 1.61. The van der Waals surface area contributed by atoms with E-state index in [-0.39, 0.29) is 57.8 Å². The molecule has 5 aromatic rings. The SMILES string of the molecule is COc1c(NC(=O)c2ccc(NC(=O)c3ccc(NC(=O)CNC(=O)c4ccc(NC(=O)/C(C)=C/c5ccc(F)cc5)cc4)cc3)c(OC)c2O)ccc(C(=O)O)c1O. The van der Waals surface area contributed by atoms with Crippen LogP contribution in [0.15, 0.2) is 103 Å². The van der Waals surface area contributed by atoms with Gasteiger partial charge in [0.15, 0.2) is 23.0 Å². The maximum absolute atomic E-state index is 13.2. The summed E-state index contributed by atoms with van der Waals surface area (Å²) in [4.78, 5) is 75.3. The van der Waals surface area contributed by atoms with Crippen LogP contribution in [0.1, 0.15) is 53.9 Å². The number of hydrogen-bond acceptors (Lipinski definition) is 10. The lowest BCUT2D eigenvalue weighted by Gasteiger charge is -2.16. The van der Waals surface area contributed by atoms with Crippen molar-refractivity contribution in [3.63, 3.8) is 0 Å². The Balaban J connectivity index is 1.12. The van der Waals surface area contributed by atoms with E-state index in [1.165, 1.54) is 86.0 Å². The number of carboxylic acids is 1. The lowest BCUT2D eigenvalue weighted by atomic mass is 10.1. The molecule has 5 aromatic carbocycles. The zero-order valence-electron chi connectivity index (χ0n) is 31.5. The highest BCUT2D eigenvalue weighted by molar-refractivity contribution is 6.10. The molecule has 0 heterocycles. The fraction of sp³-hybridized carbons (Fsp3) is 0.0952. The van der Waals surface area contributed by atoms with Crippen LogP contribution >= 0.6 is 0 Å². The van der Waals surface area contributed by atoms with E-state index in [9.17, 15) is 48.5 Å². The number of carboxylic acid groups (broad SMARTS) is 1. The summed E-state index contributed by atoms with van der Waals surface area (Å²) < 4.78 is 23.5. The number of aromatic hydroxyl groups is 2. The second-order valence-electron chi connectivity index (χ2n) is 12.5. The summed E-state index contributed by atoms with van der Waals surface area (Å²) in [7, 11) is 2.37. The lowest BCUT2D eigenvalue weighted by molar-refractivity contribution is -0.115.